The first kappa shape index (κ1) is 24.6. The highest BCUT2D eigenvalue weighted by atomic mass is 32.2. The maximum atomic E-state index is 12.7. The molecule has 0 radical (unpaired) electrons. The zero-order valence-electron chi connectivity index (χ0n) is 19.2. The number of amides is 1. The SMILES string of the molecule is CC(Oc1ccc(C(=O)c2ccccc2)cc1)C(=O)Nc1ccc(S(=O)(=O)N2CCOCC2)cc1. The van der Waals surface area contributed by atoms with Gasteiger partial charge in [-0.05, 0) is 55.5 Å². The number of ether oxygens (including phenoxy) is 2. The Hall–Kier alpha value is -3.53. The van der Waals surface area contributed by atoms with Gasteiger partial charge in [-0.3, -0.25) is 9.59 Å². The Morgan fingerprint density at radius 2 is 1.49 bits per heavy atom. The molecule has 8 nitrogen and oxygen atoms in total. The zero-order valence-corrected chi connectivity index (χ0v) is 20.0. The van der Waals surface area contributed by atoms with E-state index in [1.54, 1.807) is 55.5 Å². The van der Waals surface area contributed by atoms with E-state index in [-0.39, 0.29) is 10.7 Å². The molecule has 1 aliphatic rings. The number of ketones is 1. The van der Waals surface area contributed by atoms with Gasteiger partial charge in [0.15, 0.2) is 11.9 Å². The van der Waals surface area contributed by atoms with Gasteiger partial charge in [0.05, 0.1) is 18.1 Å². The van der Waals surface area contributed by atoms with Crippen LogP contribution in [0.4, 0.5) is 5.69 Å². The normalized spacial score (nSPS) is 15.2. The molecule has 4 rings (SSSR count). The second kappa shape index (κ2) is 10.8. The zero-order chi connectivity index (χ0) is 24.8. The molecular formula is C26H26N2O6S. The van der Waals surface area contributed by atoms with Crippen LogP contribution in [0.15, 0.2) is 83.8 Å². The van der Waals surface area contributed by atoms with E-state index in [2.05, 4.69) is 5.32 Å². The van der Waals surface area contributed by atoms with Crippen LogP contribution in [-0.2, 0) is 19.6 Å². The number of anilines is 1. The van der Waals surface area contributed by atoms with Crippen LogP contribution in [0.1, 0.15) is 22.8 Å². The first-order valence-corrected chi connectivity index (χ1v) is 12.6. The quantitative estimate of drug-likeness (QED) is 0.482. The molecular weight excluding hydrogens is 468 g/mol. The van der Waals surface area contributed by atoms with Crippen molar-refractivity contribution in [3.8, 4) is 5.75 Å². The molecule has 0 spiro atoms. The van der Waals surface area contributed by atoms with Crippen molar-refractivity contribution in [1.82, 2.24) is 4.31 Å². The fraction of sp³-hybridized carbons (Fsp3) is 0.231. The standard InChI is InChI=1S/C26H26N2O6S/c1-19(34-23-11-7-21(8-12-23)25(29)20-5-3-2-4-6-20)26(30)27-22-9-13-24(14-10-22)35(31,32)28-15-17-33-18-16-28/h2-14,19H,15-18H2,1H3,(H,27,30). The van der Waals surface area contributed by atoms with Gasteiger partial charge >= 0.3 is 0 Å². The lowest BCUT2D eigenvalue weighted by Crippen LogP contribution is -2.40. The second-order valence-corrected chi connectivity index (χ2v) is 9.95. The topological polar surface area (TPSA) is 102 Å². The molecule has 1 heterocycles. The lowest BCUT2D eigenvalue weighted by Gasteiger charge is -2.26. The van der Waals surface area contributed by atoms with Gasteiger partial charge in [0.1, 0.15) is 5.75 Å². The van der Waals surface area contributed by atoms with Crippen LogP contribution in [0, 0.1) is 0 Å². The summed E-state index contributed by atoms with van der Waals surface area (Å²) in [6.07, 6.45) is -0.817. The highest BCUT2D eigenvalue weighted by molar-refractivity contribution is 7.89. The average Bonchev–Trinajstić information content (AvgIpc) is 2.90. The molecule has 1 atom stereocenters. The number of sulfonamides is 1. The van der Waals surface area contributed by atoms with Crippen LogP contribution in [0.25, 0.3) is 0 Å². The highest BCUT2D eigenvalue weighted by Gasteiger charge is 2.26. The summed E-state index contributed by atoms with van der Waals surface area (Å²) in [7, 11) is -3.60. The minimum Gasteiger partial charge on any atom is -0.481 e. The largest absolute Gasteiger partial charge is 0.481 e. The monoisotopic (exact) mass is 494 g/mol. The molecule has 0 aromatic heterocycles. The molecule has 0 bridgehead atoms. The van der Waals surface area contributed by atoms with Crippen molar-refractivity contribution in [3.63, 3.8) is 0 Å². The molecule has 1 amide bonds. The van der Waals surface area contributed by atoms with Gasteiger partial charge in [-0.1, -0.05) is 30.3 Å². The number of morpholine rings is 1. The third kappa shape index (κ3) is 5.94. The first-order valence-electron chi connectivity index (χ1n) is 11.2. The van der Waals surface area contributed by atoms with Crippen molar-refractivity contribution in [3.05, 3.63) is 90.0 Å². The van der Waals surface area contributed by atoms with Gasteiger partial charge in [0.25, 0.3) is 5.91 Å². The Kier molecular flexibility index (Phi) is 7.60. The van der Waals surface area contributed by atoms with Crippen LogP contribution in [-0.4, -0.2) is 56.8 Å². The summed E-state index contributed by atoms with van der Waals surface area (Å²) in [5.74, 6) is -0.0375. The van der Waals surface area contributed by atoms with E-state index < -0.39 is 22.0 Å². The van der Waals surface area contributed by atoms with E-state index in [0.717, 1.165) is 0 Å². The summed E-state index contributed by atoms with van der Waals surface area (Å²) in [6.45, 7) is 2.98. The molecule has 1 unspecified atom stereocenters. The summed E-state index contributed by atoms with van der Waals surface area (Å²) in [6, 6.07) is 21.6. The molecule has 9 heteroatoms. The van der Waals surface area contributed by atoms with E-state index in [1.165, 1.54) is 16.4 Å². The van der Waals surface area contributed by atoms with Crippen LogP contribution in [0.2, 0.25) is 0 Å². The number of nitrogens with one attached hydrogen (secondary N) is 1. The molecule has 0 saturated carbocycles. The first-order chi connectivity index (χ1) is 16.8. The van der Waals surface area contributed by atoms with Crippen molar-refractivity contribution in [1.29, 1.82) is 0 Å². The maximum Gasteiger partial charge on any atom is 0.265 e. The lowest BCUT2D eigenvalue weighted by atomic mass is 10.0. The number of benzene rings is 3. The van der Waals surface area contributed by atoms with Gasteiger partial charge in [-0.25, -0.2) is 8.42 Å². The van der Waals surface area contributed by atoms with E-state index in [1.807, 2.05) is 18.2 Å². The number of carbonyl (C=O) groups is 2. The van der Waals surface area contributed by atoms with E-state index in [4.69, 9.17) is 9.47 Å². The number of carbonyl (C=O) groups excluding carboxylic acids is 2. The number of hydrogen-bond donors (Lipinski definition) is 1. The Morgan fingerprint density at radius 3 is 2.11 bits per heavy atom. The van der Waals surface area contributed by atoms with Crippen molar-refractivity contribution >= 4 is 27.4 Å². The van der Waals surface area contributed by atoms with E-state index in [9.17, 15) is 18.0 Å². The molecule has 3 aromatic carbocycles. The molecule has 182 valence electrons. The average molecular weight is 495 g/mol. The van der Waals surface area contributed by atoms with E-state index in [0.29, 0.717) is 48.9 Å². The molecule has 1 N–H and O–H groups in total. The fourth-order valence-corrected chi connectivity index (χ4v) is 5.00. The highest BCUT2D eigenvalue weighted by Crippen LogP contribution is 2.21. The van der Waals surface area contributed by atoms with Crippen molar-refractivity contribution < 1.29 is 27.5 Å². The van der Waals surface area contributed by atoms with Gasteiger partial charge in [0, 0.05) is 29.9 Å². The molecule has 35 heavy (non-hydrogen) atoms. The minimum absolute atomic E-state index is 0.0953. The molecule has 1 fully saturated rings. The number of rotatable bonds is 8. The summed E-state index contributed by atoms with van der Waals surface area (Å²) in [5, 5.41) is 2.72. The number of nitrogens with zero attached hydrogens (tertiary/aromatic N) is 1. The molecule has 3 aromatic rings. The van der Waals surface area contributed by atoms with Gasteiger partial charge < -0.3 is 14.8 Å². The van der Waals surface area contributed by atoms with Crippen molar-refractivity contribution in [2.75, 3.05) is 31.6 Å². The lowest BCUT2D eigenvalue weighted by molar-refractivity contribution is -0.122. The third-order valence-corrected chi connectivity index (χ3v) is 7.48. The Bertz CT molecular complexity index is 1270. The summed E-state index contributed by atoms with van der Waals surface area (Å²) in [5.41, 5.74) is 1.57. The van der Waals surface area contributed by atoms with Crippen LogP contribution in [0.3, 0.4) is 0 Å². The van der Waals surface area contributed by atoms with E-state index >= 15 is 0 Å². The smallest absolute Gasteiger partial charge is 0.265 e. The number of hydrogen-bond acceptors (Lipinski definition) is 6. The van der Waals surface area contributed by atoms with Gasteiger partial charge in [-0.15, -0.1) is 0 Å². The van der Waals surface area contributed by atoms with Crippen molar-refractivity contribution in [2.45, 2.75) is 17.9 Å². The molecule has 0 aliphatic carbocycles. The molecule has 1 aliphatic heterocycles. The Balaban J connectivity index is 1.34. The second-order valence-electron chi connectivity index (χ2n) is 8.01. The van der Waals surface area contributed by atoms with Crippen LogP contribution < -0.4 is 10.1 Å². The predicted octanol–water partition coefficient (Wildman–Crippen LogP) is 3.34. The van der Waals surface area contributed by atoms with Gasteiger partial charge in [-0.2, -0.15) is 4.31 Å². The summed E-state index contributed by atoms with van der Waals surface area (Å²) >= 11 is 0. The minimum atomic E-state index is -3.60. The van der Waals surface area contributed by atoms with Crippen molar-refractivity contribution in [2.24, 2.45) is 0 Å². The van der Waals surface area contributed by atoms with Crippen LogP contribution >= 0.6 is 0 Å². The summed E-state index contributed by atoms with van der Waals surface area (Å²) in [4.78, 5) is 25.3. The third-order valence-electron chi connectivity index (χ3n) is 5.56. The van der Waals surface area contributed by atoms with Gasteiger partial charge in [0.2, 0.25) is 10.0 Å². The molecule has 1 saturated heterocycles. The maximum absolute atomic E-state index is 12.7. The van der Waals surface area contributed by atoms with Crippen LogP contribution in [0.5, 0.6) is 5.75 Å². The Labute approximate surface area is 204 Å². The summed E-state index contributed by atoms with van der Waals surface area (Å²) < 4.78 is 37.8. The fourth-order valence-electron chi connectivity index (χ4n) is 3.59. The predicted molar refractivity (Wildman–Crippen MR) is 131 cm³/mol. The Morgan fingerprint density at radius 1 is 0.886 bits per heavy atom.